The molecule has 3 rings (SSSR count). The number of amides is 2. The van der Waals surface area contributed by atoms with E-state index in [0.29, 0.717) is 22.0 Å². The molecule has 0 saturated heterocycles. The molecule has 2 aromatic carbocycles. The molecule has 0 radical (unpaired) electrons. The van der Waals surface area contributed by atoms with E-state index in [1.165, 1.54) is 9.80 Å². The number of nitrogens with zero attached hydrogens (tertiary/aromatic N) is 3. The average Bonchev–Trinajstić information content (AvgIpc) is 2.73. The van der Waals surface area contributed by atoms with E-state index >= 15 is 0 Å². The Bertz CT molecular complexity index is 881. The van der Waals surface area contributed by atoms with Gasteiger partial charge in [0.25, 0.3) is 12.1 Å². The van der Waals surface area contributed by atoms with Crippen LogP contribution in [0.5, 0.6) is 0 Å². The van der Waals surface area contributed by atoms with E-state index in [1.807, 2.05) is 30.3 Å². The number of benzodiazepines with no additional fused rings is 1. The monoisotopic (exact) mass is 371 g/mol. The van der Waals surface area contributed by atoms with Gasteiger partial charge in [0.05, 0.1) is 11.4 Å². The lowest BCUT2D eigenvalue weighted by Crippen LogP contribution is -2.39. The normalized spacial score (nSPS) is 16.5. The quantitative estimate of drug-likeness (QED) is 0.814. The number of aliphatic imine (C=N–C) groups is 1. The Morgan fingerprint density at radius 2 is 1.88 bits per heavy atom. The Morgan fingerprint density at radius 1 is 1.19 bits per heavy atom. The van der Waals surface area contributed by atoms with Crippen molar-refractivity contribution in [3.05, 3.63) is 64.7 Å². The Morgan fingerprint density at radius 3 is 2.54 bits per heavy atom. The summed E-state index contributed by atoms with van der Waals surface area (Å²) in [6.07, 6.45) is -1.92. The molecule has 7 heteroatoms. The molecule has 1 heterocycles. The van der Waals surface area contributed by atoms with Crippen molar-refractivity contribution < 1.29 is 14.3 Å². The zero-order valence-electron chi connectivity index (χ0n) is 14.6. The molecular weight excluding hydrogens is 354 g/mol. The lowest BCUT2D eigenvalue weighted by Gasteiger charge is -2.21. The van der Waals surface area contributed by atoms with Crippen molar-refractivity contribution in [2.24, 2.45) is 4.99 Å². The smallest absolute Gasteiger partial charge is 0.411 e. The third-order valence-corrected chi connectivity index (χ3v) is 4.22. The maximum atomic E-state index is 12.8. The number of benzene rings is 2. The number of anilines is 1. The molecule has 1 aliphatic rings. The molecule has 0 unspecified atom stereocenters. The van der Waals surface area contributed by atoms with Crippen molar-refractivity contribution in [1.29, 1.82) is 0 Å². The molecule has 0 bridgehead atoms. The minimum atomic E-state index is -1.28. The maximum absolute atomic E-state index is 12.8. The second kappa shape index (κ2) is 7.17. The van der Waals surface area contributed by atoms with Crippen molar-refractivity contribution in [1.82, 2.24) is 4.90 Å². The molecule has 6 nitrogen and oxygen atoms in total. The minimum Gasteiger partial charge on any atom is -0.414 e. The van der Waals surface area contributed by atoms with Gasteiger partial charge in [0.2, 0.25) is 0 Å². The standard InChI is InChI=1S/C19H18ClN3O3/c1-22(2)19(25)26-17-18(24)23(3)15-10-9-13(20)11-14(15)16(21-17)12-7-5-4-6-8-12/h4-11,17H,1-3H3/t17-/m1/s1. The molecule has 0 N–H and O–H groups in total. The minimum absolute atomic E-state index is 0.435. The summed E-state index contributed by atoms with van der Waals surface area (Å²) < 4.78 is 5.30. The molecule has 0 saturated carbocycles. The van der Waals surface area contributed by atoms with Crippen LogP contribution in [0.1, 0.15) is 11.1 Å². The van der Waals surface area contributed by atoms with Crippen molar-refractivity contribution in [2.75, 3.05) is 26.0 Å². The number of rotatable bonds is 2. The predicted octanol–water partition coefficient (Wildman–Crippen LogP) is 3.18. The van der Waals surface area contributed by atoms with Gasteiger partial charge in [0.1, 0.15) is 0 Å². The third kappa shape index (κ3) is 3.41. The van der Waals surface area contributed by atoms with Crippen molar-refractivity contribution >= 4 is 35.0 Å². The average molecular weight is 372 g/mol. The number of carbonyl (C=O) groups is 2. The van der Waals surface area contributed by atoms with E-state index in [2.05, 4.69) is 4.99 Å². The third-order valence-electron chi connectivity index (χ3n) is 3.99. The van der Waals surface area contributed by atoms with Crippen LogP contribution in [0, 0.1) is 0 Å². The number of likely N-dealkylation sites (N-methyl/N-ethyl adjacent to an activating group) is 1. The van der Waals surface area contributed by atoms with E-state index in [0.717, 1.165) is 5.56 Å². The van der Waals surface area contributed by atoms with E-state index < -0.39 is 18.2 Å². The van der Waals surface area contributed by atoms with Gasteiger partial charge >= 0.3 is 6.09 Å². The van der Waals surface area contributed by atoms with Crippen LogP contribution in [-0.4, -0.2) is 50.0 Å². The van der Waals surface area contributed by atoms with Crippen LogP contribution in [0.15, 0.2) is 53.5 Å². The number of fused-ring (bicyclic) bond motifs is 1. The van der Waals surface area contributed by atoms with Gasteiger partial charge in [-0.25, -0.2) is 9.79 Å². The van der Waals surface area contributed by atoms with Gasteiger partial charge in [-0.3, -0.25) is 4.79 Å². The van der Waals surface area contributed by atoms with Crippen LogP contribution in [-0.2, 0) is 9.53 Å². The summed E-state index contributed by atoms with van der Waals surface area (Å²) >= 11 is 6.18. The first-order valence-electron chi connectivity index (χ1n) is 7.97. The molecule has 0 fully saturated rings. The fraction of sp³-hybridized carbons (Fsp3) is 0.211. The van der Waals surface area contributed by atoms with Gasteiger partial charge in [0, 0.05) is 37.3 Å². The molecule has 0 aliphatic carbocycles. The van der Waals surface area contributed by atoms with Crippen molar-refractivity contribution in [3.63, 3.8) is 0 Å². The molecule has 2 amide bonds. The molecule has 0 spiro atoms. The summed E-state index contributed by atoms with van der Waals surface area (Å²) in [5.74, 6) is -0.435. The fourth-order valence-electron chi connectivity index (χ4n) is 2.62. The summed E-state index contributed by atoms with van der Waals surface area (Å²) in [5, 5.41) is 0.525. The first-order chi connectivity index (χ1) is 12.4. The van der Waals surface area contributed by atoms with Gasteiger partial charge in [-0.1, -0.05) is 41.9 Å². The van der Waals surface area contributed by atoms with Gasteiger partial charge in [-0.15, -0.1) is 0 Å². The summed E-state index contributed by atoms with van der Waals surface area (Å²) in [4.78, 5) is 32.0. The van der Waals surface area contributed by atoms with Gasteiger partial charge < -0.3 is 14.5 Å². The fourth-order valence-corrected chi connectivity index (χ4v) is 2.79. The highest BCUT2D eigenvalue weighted by Crippen LogP contribution is 2.30. The number of carbonyl (C=O) groups excluding carboxylic acids is 2. The van der Waals surface area contributed by atoms with E-state index in [1.54, 1.807) is 39.3 Å². The molecule has 134 valence electrons. The number of hydrogen-bond acceptors (Lipinski definition) is 4. The van der Waals surface area contributed by atoms with Crippen LogP contribution in [0.25, 0.3) is 0 Å². The van der Waals surface area contributed by atoms with Crippen LogP contribution >= 0.6 is 11.6 Å². The van der Waals surface area contributed by atoms with Crippen LogP contribution < -0.4 is 4.90 Å². The zero-order valence-corrected chi connectivity index (χ0v) is 15.4. The van der Waals surface area contributed by atoms with Gasteiger partial charge in [-0.2, -0.15) is 0 Å². The SMILES string of the molecule is CN(C)C(=O)O[C@H]1N=C(c2ccccc2)c2cc(Cl)ccc2N(C)C1=O. The Labute approximate surface area is 156 Å². The first-order valence-corrected chi connectivity index (χ1v) is 8.35. The Kier molecular flexibility index (Phi) is 4.95. The van der Waals surface area contributed by atoms with E-state index in [4.69, 9.17) is 16.3 Å². The molecule has 0 aromatic heterocycles. The van der Waals surface area contributed by atoms with Crippen LogP contribution in [0.3, 0.4) is 0 Å². The summed E-state index contributed by atoms with van der Waals surface area (Å²) in [7, 11) is 4.71. The molecule has 1 aliphatic heterocycles. The maximum Gasteiger partial charge on any atom is 0.411 e. The number of halogens is 1. The highest BCUT2D eigenvalue weighted by atomic mass is 35.5. The highest BCUT2D eigenvalue weighted by molar-refractivity contribution is 6.32. The van der Waals surface area contributed by atoms with Gasteiger partial charge in [-0.05, 0) is 18.2 Å². The lowest BCUT2D eigenvalue weighted by atomic mass is 10.0. The second-order valence-corrected chi connectivity index (χ2v) is 6.47. The van der Waals surface area contributed by atoms with Crippen molar-refractivity contribution in [3.8, 4) is 0 Å². The number of hydrogen-bond donors (Lipinski definition) is 0. The molecule has 2 aromatic rings. The first kappa shape index (κ1) is 17.9. The Balaban J connectivity index is 2.17. The number of ether oxygens (including phenoxy) is 1. The van der Waals surface area contributed by atoms with Crippen LogP contribution in [0.4, 0.5) is 10.5 Å². The van der Waals surface area contributed by atoms with E-state index in [9.17, 15) is 9.59 Å². The molecule has 26 heavy (non-hydrogen) atoms. The summed E-state index contributed by atoms with van der Waals surface area (Å²) in [6.45, 7) is 0. The van der Waals surface area contributed by atoms with Crippen LogP contribution in [0.2, 0.25) is 5.02 Å². The van der Waals surface area contributed by atoms with Crippen molar-refractivity contribution in [2.45, 2.75) is 6.23 Å². The molecule has 1 atom stereocenters. The predicted molar refractivity (Wildman–Crippen MR) is 101 cm³/mol. The second-order valence-electron chi connectivity index (χ2n) is 6.03. The zero-order chi connectivity index (χ0) is 18.8. The Hall–Kier alpha value is -2.86. The molecular formula is C19H18ClN3O3. The highest BCUT2D eigenvalue weighted by Gasteiger charge is 2.33. The summed E-state index contributed by atoms with van der Waals surface area (Å²) in [6, 6.07) is 14.6. The largest absolute Gasteiger partial charge is 0.414 e. The summed E-state index contributed by atoms with van der Waals surface area (Å²) in [5.41, 5.74) is 2.68. The topological polar surface area (TPSA) is 62.2 Å². The van der Waals surface area contributed by atoms with Gasteiger partial charge in [0.15, 0.2) is 0 Å². The lowest BCUT2D eigenvalue weighted by molar-refractivity contribution is -0.126. The van der Waals surface area contributed by atoms with E-state index in [-0.39, 0.29) is 0 Å².